The molecule has 3 rings (SSSR count). The maximum absolute atomic E-state index is 13.0. The third kappa shape index (κ3) is 1.70. The van der Waals surface area contributed by atoms with Gasteiger partial charge in [-0.25, -0.2) is 0 Å². The standard InChI is InChI=1S/C17H16N2O/c1-16(13-9-5-3-6-10-13)15(20)17(2,19-18-16)14-11-7-4-8-12-14/h3-12H,1-2H3/t16-,17-/m1/s1. The van der Waals surface area contributed by atoms with E-state index in [4.69, 9.17) is 0 Å². The van der Waals surface area contributed by atoms with Crippen molar-refractivity contribution in [3.8, 4) is 0 Å². The van der Waals surface area contributed by atoms with Gasteiger partial charge in [-0.3, -0.25) is 4.79 Å². The second kappa shape index (κ2) is 4.37. The average Bonchev–Trinajstić information content (AvgIpc) is 2.76. The SMILES string of the molecule is C[C@]1(c2ccccc2)N=N[C@](C)(c2ccccc2)C1=O. The molecule has 20 heavy (non-hydrogen) atoms. The zero-order chi connectivity index (χ0) is 14.2. The van der Waals surface area contributed by atoms with E-state index in [1.54, 1.807) is 0 Å². The quantitative estimate of drug-likeness (QED) is 0.812. The van der Waals surface area contributed by atoms with Crippen LogP contribution in [0, 0.1) is 0 Å². The van der Waals surface area contributed by atoms with Crippen LogP contribution >= 0.6 is 0 Å². The second-order valence-electron chi connectivity index (χ2n) is 5.41. The van der Waals surface area contributed by atoms with Crippen molar-refractivity contribution in [1.82, 2.24) is 0 Å². The minimum Gasteiger partial charge on any atom is -0.293 e. The van der Waals surface area contributed by atoms with Crippen molar-refractivity contribution in [3.05, 3.63) is 71.8 Å². The number of carbonyl (C=O) groups is 1. The van der Waals surface area contributed by atoms with Crippen molar-refractivity contribution in [2.75, 3.05) is 0 Å². The summed E-state index contributed by atoms with van der Waals surface area (Å²) in [4.78, 5) is 13.0. The highest BCUT2D eigenvalue weighted by atomic mass is 16.1. The fourth-order valence-corrected chi connectivity index (χ4v) is 2.67. The van der Waals surface area contributed by atoms with Gasteiger partial charge in [0.2, 0.25) is 0 Å². The van der Waals surface area contributed by atoms with Gasteiger partial charge in [-0.1, -0.05) is 60.7 Å². The number of Topliss-reactive ketones (excluding diaryl/α,β-unsaturated/α-hetero) is 1. The van der Waals surface area contributed by atoms with Gasteiger partial charge in [-0.05, 0) is 25.0 Å². The Labute approximate surface area is 118 Å². The molecule has 0 bridgehead atoms. The summed E-state index contributed by atoms with van der Waals surface area (Å²) in [5.41, 5.74) is -0.0284. The molecule has 0 saturated carbocycles. The average molecular weight is 264 g/mol. The first-order chi connectivity index (χ1) is 9.57. The predicted molar refractivity (Wildman–Crippen MR) is 77.5 cm³/mol. The number of carbonyl (C=O) groups excluding carboxylic acids is 1. The van der Waals surface area contributed by atoms with E-state index in [0.717, 1.165) is 11.1 Å². The Morgan fingerprint density at radius 3 is 1.40 bits per heavy atom. The molecule has 0 saturated heterocycles. The van der Waals surface area contributed by atoms with Crippen LogP contribution in [0.4, 0.5) is 0 Å². The van der Waals surface area contributed by atoms with Gasteiger partial charge in [0.25, 0.3) is 0 Å². The molecule has 0 N–H and O–H groups in total. The number of hydrogen-bond acceptors (Lipinski definition) is 3. The molecule has 2 aromatic carbocycles. The number of ketones is 1. The first-order valence-electron chi connectivity index (χ1n) is 6.67. The van der Waals surface area contributed by atoms with E-state index in [0.29, 0.717) is 0 Å². The van der Waals surface area contributed by atoms with E-state index in [2.05, 4.69) is 10.2 Å². The minimum absolute atomic E-state index is 0.0161. The van der Waals surface area contributed by atoms with E-state index in [1.807, 2.05) is 74.5 Å². The van der Waals surface area contributed by atoms with Crippen molar-refractivity contribution in [1.29, 1.82) is 0 Å². The highest BCUT2D eigenvalue weighted by Crippen LogP contribution is 2.44. The Balaban J connectivity index is 2.06. The maximum atomic E-state index is 13.0. The molecular formula is C17H16N2O. The summed E-state index contributed by atoms with van der Waals surface area (Å²) in [6.45, 7) is 3.67. The molecule has 1 aliphatic rings. The van der Waals surface area contributed by atoms with E-state index < -0.39 is 11.1 Å². The largest absolute Gasteiger partial charge is 0.293 e. The van der Waals surface area contributed by atoms with Gasteiger partial charge >= 0.3 is 0 Å². The van der Waals surface area contributed by atoms with Crippen molar-refractivity contribution < 1.29 is 4.79 Å². The third-order valence-electron chi connectivity index (χ3n) is 4.01. The Morgan fingerprint density at radius 1 is 0.700 bits per heavy atom. The molecule has 0 radical (unpaired) electrons. The normalized spacial score (nSPS) is 28.8. The van der Waals surface area contributed by atoms with Crippen molar-refractivity contribution in [3.63, 3.8) is 0 Å². The molecule has 2 aromatic rings. The molecule has 3 heteroatoms. The molecule has 0 spiro atoms. The van der Waals surface area contributed by atoms with E-state index in [9.17, 15) is 4.79 Å². The summed E-state index contributed by atoms with van der Waals surface area (Å²) in [6.07, 6.45) is 0. The molecule has 100 valence electrons. The van der Waals surface area contributed by atoms with Crippen molar-refractivity contribution in [2.24, 2.45) is 10.2 Å². The van der Waals surface area contributed by atoms with E-state index in [1.165, 1.54) is 0 Å². The third-order valence-corrected chi connectivity index (χ3v) is 4.01. The number of rotatable bonds is 2. The van der Waals surface area contributed by atoms with Crippen molar-refractivity contribution in [2.45, 2.75) is 24.9 Å². The molecule has 0 aromatic heterocycles. The Bertz CT molecular complexity index is 608. The van der Waals surface area contributed by atoms with Gasteiger partial charge < -0.3 is 0 Å². The summed E-state index contributed by atoms with van der Waals surface area (Å²) < 4.78 is 0. The van der Waals surface area contributed by atoms with Crippen LogP contribution in [0.15, 0.2) is 70.9 Å². The number of nitrogens with zero attached hydrogens (tertiary/aromatic N) is 2. The molecule has 1 heterocycles. The lowest BCUT2D eigenvalue weighted by atomic mass is 9.77. The second-order valence-corrected chi connectivity index (χ2v) is 5.41. The van der Waals surface area contributed by atoms with Crippen LogP contribution in [0.25, 0.3) is 0 Å². The van der Waals surface area contributed by atoms with Crippen LogP contribution in [0.5, 0.6) is 0 Å². The maximum Gasteiger partial charge on any atom is 0.200 e. The molecule has 2 atom stereocenters. The van der Waals surface area contributed by atoms with Gasteiger partial charge in [-0.15, -0.1) is 0 Å². The van der Waals surface area contributed by atoms with Gasteiger partial charge in [0, 0.05) is 0 Å². The summed E-state index contributed by atoms with van der Waals surface area (Å²) in [5.74, 6) is 0.0161. The minimum atomic E-state index is -0.897. The van der Waals surface area contributed by atoms with Crippen LogP contribution in [-0.2, 0) is 15.9 Å². The number of azo groups is 1. The lowest BCUT2D eigenvalue weighted by Gasteiger charge is -2.24. The van der Waals surface area contributed by atoms with E-state index in [-0.39, 0.29) is 5.78 Å². The monoisotopic (exact) mass is 264 g/mol. The number of hydrogen-bond donors (Lipinski definition) is 0. The van der Waals surface area contributed by atoms with Crippen LogP contribution in [0.3, 0.4) is 0 Å². The smallest absolute Gasteiger partial charge is 0.200 e. The Kier molecular flexibility index (Phi) is 2.78. The summed E-state index contributed by atoms with van der Waals surface area (Å²) in [5, 5.41) is 8.65. The van der Waals surface area contributed by atoms with Gasteiger partial charge in [0.15, 0.2) is 16.9 Å². The zero-order valence-electron chi connectivity index (χ0n) is 11.6. The Hall–Kier alpha value is -2.29. The molecule has 0 fully saturated rings. The summed E-state index contributed by atoms with van der Waals surface area (Å²) >= 11 is 0. The predicted octanol–water partition coefficient (Wildman–Crippen LogP) is 3.85. The van der Waals surface area contributed by atoms with Crippen molar-refractivity contribution >= 4 is 5.78 Å². The highest BCUT2D eigenvalue weighted by Gasteiger charge is 2.52. The highest BCUT2D eigenvalue weighted by molar-refractivity contribution is 5.99. The van der Waals surface area contributed by atoms with Crippen LogP contribution < -0.4 is 0 Å². The van der Waals surface area contributed by atoms with Gasteiger partial charge in [0.05, 0.1) is 0 Å². The lowest BCUT2D eigenvalue weighted by molar-refractivity contribution is -0.126. The zero-order valence-corrected chi connectivity index (χ0v) is 11.6. The van der Waals surface area contributed by atoms with Gasteiger partial charge in [-0.2, -0.15) is 10.2 Å². The first kappa shape index (κ1) is 12.7. The summed E-state index contributed by atoms with van der Waals surface area (Å²) in [6, 6.07) is 19.2. The van der Waals surface area contributed by atoms with Gasteiger partial charge in [0.1, 0.15) is 0 Å². The molecular weight excluding hydrogens is 248 g/mol. The molecule has 0 unspecified atom stereocenters. The molecule has 0 aliphatic carbocycles. The topological polar surface area (TPSA) is 41.8 Å². The fourth-order valence-electron chi connectivity index (χ4n) is 2.67. The summed E-state index contributed by atoms with van der Waals surface area (Å²) in [7, 11) is 0. The van der Waals surface area contributed by atoms with Crippen LogP contribution in [-0.4, -0.2) is 5.78 Å². The lowest BCUT2D eigenvalue weighted by Crippen LogP contribution is -2.38. The fraction of sp³-hybridized carbons (Fsp3) is 0.235. The molecule has 3 nitrogen and oxygen atoms in total. The van der Waals surface area contributed by atoms with Crippen LogP contribution in [0.1, 0.15) is 25.0 Å². The van der Waals surface area contributed by atoms with Crippen LogP contribution in [0.2, 0.25) is 0 Å². The molecule has 1 aliphatic heterocycles. The number of benzene rings is 2. The molecule has 0 amide bonds. The van der Waals surface area contributed by atoms with E-state index >= 15 is 0 Å². The first-order valence-corrected chi connectivity index (χ1v) is 6.67. The Morgan fingerprint density at radius 2 is 1.05 bits per heavy atom.